The predicted molar refractivity (Wildman–Crippen MR) is 91.1 cm³/mol. The van der Waals surface area contributed by atoms with Crippen LogP contribution in [0.4, 0.5) is 5.69 Å². The highest BCUT2D eigenvalue weighted by atomic mass is 79.9. The van der Waals surface area contributed by atoms with E-state index in [1.54, 1.807) is 18.4 Å². The van der Waals surface area contributed by atoms with Crippen molar-refractivity contribution in [3.63, 3.8) is 0 Å². The van der Waals surface area contributed by atoms with Crippen molar-refractivity contribution in [3.8, 4) is 5.88 Å². The molecule has 2 aromatic heterocycles. The zero-order valence-electron chi connectivity index (χ0n) is 10.9. The smallest absolute Gasteiger partial charge is 0.238 e. The molecule has 0 aliphatic rings. The number of nitrogens with zero attached hydrogens (tertiary/aromatic N) is 2. The number of hydrogen-bond donors (Lipinski definition) is 1. The van der Waals surface area contributed by atoms with Gasteiger partial charge in [0.2, 0.25) is 5.88 Å². The molecule has 0 unspecified atom stereocenters. The van der Waals surface area contributed by atoms with Crippen LogP contribution in [0.1, 0.15) is 5.69 Å². The Morgan fingerprint density at radius 3 is 2.95 bits per heavy atom. The number of nitrogens with one attached hydrogen (secondary N) is 1. The van der Waals surface area contributed by atoms with E-state index in [0.29, 0.717) is 22.5 Å². The first-order valence-electron chi connectivity index (χ1n) is 5.97. The van der Waals surface area contributed by atoms with Crippen molar-refractivity contribution in [1.29, 1.82) is 0 Å². The minimum Gasteiger partial charge on any atom is -0.480 e. The van der Waals surface area contributed by atoms with Gasteiger partial charge in [0.1, 0.15) is 5.69 Å². The van der Waals surface area contributed by atoms with E-state index in [4.69, 9.17) is 27.9 Å². The van der Waals surface area contributed by atoms with Gasteiger partial charge in [0, 0.05) is 16.0 Å². The second-order valence-electron chi connectivity index (χ2n) is 4.20. The fourth-order valence-corrected chi connectivity index (χ4v) is 3.54. The summed E-state index contributed by atoms with van der Waals surface area (Å²) in [6.45, 7) is 0.527. The van der Waals surface area contributed by atoms with Crippen molar-refractivity contribution in [2.45, 2.75) is 6.54 Å². The quantitative estimate of drug-likeness (QED) is 0.613. The molecule has 0 amide bonds. The van der Waals surface area contributed by atoms with Crippen LogP contribution in [0.15, 0.2) is 28.2 Å². The first kappa shape index (κ1) is 15.0. The molecule has 2 heterocycles. The Hall–Kier alpha value is -0.950. The van der Waals surface area contributed by atoms with Gasteiger partial charge in [-0.3, -0.25) is 4.40 Å². The molecule has 0 saturated carbocycles. The number of anilines is 1. The highest BCUT2D eigenvalue weighted by molar-refractivity contribution is 9.10. The van der Waals surface area contributed by atoms with E-state index in [0.717, 1.165) is 20.8 Å². The first-order valence-corrected chi connectivity index (χ1v) is 8.40. The molecule has 0 saturated heterocycles. The van der Waals surface area contributed by atoms with Gasteiger partial charge in [-0.25, -0.2) is 0 Å². The van der Waals surface area contributed by atoms with Crippen LogP contribution in [0, 0.1) is 0 Å². The number of thiazole rings is 1. The molecular weight excluding hydrogens is 397 g/mol. The van der Waals surface area contributed by atoms with E-state index in [2.05, 4.69) is 26.2 Å². The van der Waals surface area contributed by atoms with Gasteiger partial charge in [-0.05, 0) is 28.1 Å². The fraction of sp³-hybridized carbons (Fsp3) is 0.154. The molecule has 1 aromatic carbocycles. The highest BCUT2D eigenvalue weighted by Crippen LogP contribution is 2.36. The van der Waals surface area contributed by atoms with Crippen LogP contribution >= 0.6 is 50.5 Å². The number of imidazole rings is 1. The molecule has 110 valence electrons. The van der Waals surface area contributed by atoms with E-state index in [1.807, 2.05) is 28.1 Å². The molecule has 0 atom stereocenters. The summed E-state index contributed by atoms with van der Waals surface area (Å²) in [5.41, 5.74) is 1.70. The van der Waals surface area contributed by atoms with Crippen LogP contribution in [0.3, 0.4) is 0 Å². The average Bonchev–Trinajstić information content (AvgIpc) is 3.05. The van der Waals surface area contributed by atoms with Crippen LogP contribution in [0.25, 0.3) is 4.96 Å². The second kappa shape index (κ2) is 6.04. The summed E-state index contributed by atoms with van der Waals surface area (Å²) in [6.07, 6.45) is 1.96. The standard InChI is InChI=1S/C13H10BrCl2N3OS/c1-20-12-9(19-4-5-21-13(19)18-12)6-17-8-3-2-7(14)10(15)11(8)16/h2-5,17H,6H2,1H3. The molecule has 1 N–H and O–H groups in total. The molecule has 3 aromatic rings. The van der Waals surface area contributed by atoms with E-state index in [1.165, 1.54) is 0 Å². The normalized spacial score (nSPS) is 11.0. The molecule has 0 radical (unpaired) electrons. The summed E-state index contributed by atoms with van der Waals surface area (Å²) < 4.78 is 8.07. The topological polar surface area (TPSA) is 38.6 Å². The maximum atomic E-state index is 6.23. The minimum absolute atomic E-state index is 0.482. The first-order chi connectivity index (χ1) is 10.1. The van der Waals surface area contributed by atoms with Gasteiger partial charge in [-0.15, -0.1) is 11.3 Å². The van der Waals surface area contributed by atoms with Crippen LogP contribution in [0.5, 0.6) is 5.88 Å². The van der Waals surface area contributed by atoms with Gasteiger partial charge in [0.15, 0.2) is 4.96 Å². The zero-order valence-corrected chi connectivity index (χ0v) is 14.8. The van der Waals surface area contributed by atoms with E-state index in [-0.39, 0.29) is 0 Å². The number of hydrogen-bond acceptors (Lipinski definition) is 4. The Morgan fingerprint density at radius 2 is 2.19 bits per heavy atom. The monoisotopic (exact) mass is 405 g/mol. The highest BCUT2D eigenvalue weighted by Gasteiger charge is 2.14. The summed E-state index contributed by atoms with van der Waals surface area (Å²) in [4.78, 5) is 5.30. The fourth-order valence-electron chi connectivity index (χ4n) is 1.98. The van der Waals surface area contributed by atoms with Gasteiger partial charge in [-0.2, -0.15) is 4.98 Å². The Kier molecular flexibility index (Phi) is 4.31. The molecule has 3 rings (SSSR count). The molecule has 8 heteroatoms. The largest absolute Gasteiger partial charge is 0.480 e. The number of aromatic nitrogens is 2. The van der Waals surface area contributed by atoms with Gasteiger partial charge in [0.05, 0.1) is 29.4 Å². The molecule has 0 spiro atoms. The summed E-state index contributed by atoms with van der Waals surface area (Å²) in [5.74, 6) is 0.605. The van der Waals surface area contributed by atoms with Gasteiger partial charge < -0.3 is 10.1 Å². The molecule has 0 aliphatic heterocycles. The van der Waals surface area contributed by atoms with Gasteiger partial charge >= 0.3 is 0 Å². The second-order valence-corrected chi connectivity index (χ2v) is 6.68. The summed E-state index contributed by atoms with van der Waals surface area (Å²) in [7, 11) is 1.61. The molecule has 0 fully saturated rings. The van der Waals surface area contributed by atoms with Crippen LogP contribution in [-0.2, 0) is 6.54 Å². The average molecular weight is 407 g/mol. The van der Waals surface area contributed by atoms with Crippen LogP contribution in [-0.4, -0.2) is 16.5 Å². The SMILES string of the molecule is COc1nc2sccn2c1CNc1ccc(Br)c(Cl)c1Cl. The van der Waals surface area contributed by atoms with E-state index < -0.39 is 0 Å². The molecule has 4 nitrogen and oxygen atoms in total. The van der Waals surface area contributed by atoms with Crippen molar-refractivity contribution in [3.05, 3.63) is 43.9 Å². The van der Waals surface area contributed by atoms with Crippen LogP contribution in [0.2, 0.25) is 10.0 Å². The maximum Gasteiger partial charge on any atom is 0.238 e. The summed E-state index contributed by atoms with van der Waals surface area (Å²) in [6, 6.07) is 3.72. The van der Waals surface area contributed by atoms with Crippen molar-refractivity contribution in [2.24, 2.45) is 0 Å². The lowest BCUT2D eigenvalue weighted by molar-refractivity contribution is 0.395. The summed E-state index contributed by atoms with van der Waals surface area (Å²) >= 11 is 17.3. The number of rotatable bonds is 4. The Bertz CT molecular complexity index is 802. The molecular formula is C13H10BrCl2N3OS. The van der Waals surface area contributed by atoms with Crippen molar-refractivity contribution in [2.75, 3.05) is 12.4 Å². The number of halogens is 3. The minimum atomic E-state index is 0.482. The molecule has 21 heavy (non-hydrogen) atoms. The number of fused-ring (bicyclic) bond motifs is 1. The van der Waals surface area contributed by atoms with Crippen molar-refractivity contribution < 1.29 is 4.74 Å². The number of benzene rings is 1. The van der Waals surface area contributed by atoms with Crippen LogP contribution < -0.4 is 10.1 Å². The Labute approximate surface area is 143 Å². The van der Waals surface area contributed by atoms with Gasteiger partial charge in [-0.1, -0.05) is 23.2 Å². The third-order valence-corrected chi connectivity index (χ3v) is 5.53. The molecule has 0 bridgehead atoms. The lowest BCUT2D eigenvalue weighted by Gasteiger charge is -2.10. The maximum absolute atomic E-state index is 6.23. The van der Waals surface area contributed by atoms with E-state index >= 15 is 0 Å². The third-order valence-electron chi connectivity index (χ3n) is 3.00. The summed E-state index contributed by atoms with van der Waals surface area (Å²) in [5, 5.41) is 6.22. The lowest BCUT2D eigenvalue weighted by Crippen LogP contribution is -2.04. The third kappa shape index (κ3) is 2.73. The molecule has 0 aliphatic carbocycles. The van der Waals surface area contributed by atoms with Crippen molar-refractivity contribution >= 4 is 61.1 Å². The number of ether oxygens (including phenoxy) is 1. The Balaban J connectivity index is 1.90. The van der Waals surface area contributed by atoms with E-state index in [9.17, 15) is 0 Å². The van der Waals surface area contributed by atoms with Crippen molar-refractivity contribution in [1.82, 2.24) is 9.38 Å². The Morgan fingerprint density at radius 1 is 1.38 bits per heavy atom. The number of methoxy groups -OCH3 is 1. The zero-order chi connectivity index (χ0) is 15.0. The predicted octanol–water partition coefficient (Wildman–Crippen LogP) is 5.09. The van der Waals surface area contributed by atoms with Gasteiger partial charge in [0.25, 0.3) is 0 Å². The lowest BCUT2D eigenvalue weighted by atomic mass is 10.3.